The van der Waals surface area contributed by atoms with Crippen LogP contribution in [0.4, 0.5) is 5.69 Å². The summed E-state index contributed by atoms with van der Waals surface area (Å²) in [4.78, 5) is 14.5. The number of hydrogen-bond acceptors (Lipinski definition) is 3. The number of carbonyl (C=O) groups is 1. The van der Waals surface area contributed by atoms with Crippen molar-refractivity contribution in [1.29, 1.82) is 0 Å². The molecule has 1 aliphatic heterocycles. The van der Waals surface area contributed by atoms with E-state index in [1.54, 1.807) is 6.08 Å². The van der Waals surface area contributed by atoms with E-state index in [1.807, 2.05) is 60.7 Å². The number of nitrogens with zero attached hydrogens (tertiary/aromatic N) is 1. The monoisotopic (exact) mass is 307 g/mol. The van der Waals surface area contributed by atoms with Gasteiger partial charge in [-0.25, -0.2) is 0 Å². The number of carbonyl (C=O) groups excluding carboxylic acids is 1. The summed E-state index contributed by atoms with van der Waals surface area (Å²) < 4.78 is 0. The van der Waals surface area contributed by atoms with Crippen molar-refractivity contribution in [1.82, 2.24) is 0 Å². The maximum Gasteiger partial charge on any atom is 0.185 e. The third-order valence-electron chi connectivity index (χ3n) is 4.21. The van der Waals surface area contributed by atoms with Crippen molar-refractivity contribution >= 4 is 17.5 Å². The van der Waals surface area contributed by atoms with Crippen LogP contribution in [0, 0.1) is 0 Å². The van der Waals surface area contributed by atoms with Gasteiger partial charge in [0.25, 0.3) is 0 Å². The van der Waals surface area contributed by atoms with Crippen molar-refractivity contribution in [2.24, 2.45) is 0 Å². The SMILES string of the molecule is O=C(C=Cc1ccccc1)c1ccc(N2CCC(O)CC2)cc1. The normalized spacial score (nSPS) is 16.0. The van der Waals surface area contributed by atoms with E-state index in [-0.39, 0.29) is 11.9 Å². The van der Waals surface area contributed by atoms with Crippen LogP contribution in [-0.2, 0) is 0 Å². The lowest BCUT2D eigenvalue weighted by atomic mass is 10.1. The summed E-state index contributed by atoms with van der Waals surface area (Å²) in [5.74, 6) is 0.00877. The smallest absolute Gasteiger partial charge is 0.185 e. The molecule has 1 N–H and O–H groups in total. The standard InChI is InChI=1S/C20H21NO2/c22-19-12-14-21(15-13-19)18-9-7-17(8-10-18)20(23)11-6-16-4-2-1-3-5-16/h1-11,19,22H,12-15H2. The van der Waals surface area contributed by atoms with Gasteiger partial charge in [0.1, 0.15) is 0 Å². The third-order valence-corrected chi connectivity index (χ3v) is 4.21. The fourth-order valence-corrected chi connectivity index (χ4v) is 2.79. The van der Waals surface area contributed by atoms with Gasteiger partial charge >= 0.3 is 0 Å². The molecule has 0 bridgehead atoms. The van der Waals surface area contributed by atoms with Crippen LogP contribution in [0.1, 0.15) is 28.8 Å². The lowest BCUT2D eigenvalue weighted by Crippen LogP contribution is -2.35. The number of rotatable bonds is 4. The van der Waals surface area contributed by atoms with Gasteiger partial charge in [-0.3, -0.25) is 4.79 Å². The number of piperidine rings is 1. The first-order chi connectivity index (χ1) is 11.2. The van der Waals surface area contributed by atoms with E-state index in [2.05, 4.69) is 4.90 Å². The molecule has 0 atom stereocenters. The van der Waals surface area contributed by atoms with Gasteiger partial charge in [-0.1, -0.05) is 36.4 Å². The lowest BCUT2D eigenvalue weighted by molar-refractivity contribution is 0.104. The lowest BCUT2D eigenvalue weighted by Gasteiger charge is -2.31. The van der Waals surface area contributed by atoms with Gasteiger partial charge in [0.15, 0.2) is 5.78 Å². The molecular formula is C20H21NO2. The molecule has 118 valence electrons. The summed E-state index contributed by atoms with van der Waals surface area (Å²) in [6.07, 6.45) is 4.89. The Bertz CT molecular complexity index is 669. The zero-order chi connectivity index (χ0) is 16.1. The molecule has 3 rings (SSSR count). The zero-order valence-corrected chi connectivity index (χ0v) is 13.1. The number of allylic oxidation sites excluding steroid dienone is 1. The maximum absolute atomic E-state index is 12.2. The minimum absolute atomic E-state index is 0.00877. The second-order valence-electron chi connectivity index (χ2n) is 5.87. The minimum atomic E-state index is -0.171. The number of ketones is 1. The Morgan fingerprint density at radius 1 is 1.00 bits per heavy atom. The molecular weight excluding hydrogens is 286 g/mol. The van der Waals surface area contributed by atoms with Crippen molar-refractivity contribution in [3.63, 3.8) is 0 Å². The van der Waals surface area contributed by atoms with Crippen LogP contribution in [0.5, 0.6) is 0 Å². The molecule has 0 saturated carbocycles. The maximum atomic E-state index is 12.2. The number of anilines is 1. The van der Waals surface area contributed by atoms with E-state index < -0.39 is 0 Å². The first kappa shape index (κ1) is 15.5. The highest BCUT2D eigenvalue weighted by Crippen LogP contribution is 2.20. The summed E-state index contributed by atoms with van der Waals surface area (Å²) >= 11 is 0. The average molecular weight is 307 g/mol. The number of aliphatic hydroxyl groups excluding tert-OH is 1. The third kappa shape index (κ3) is 4.08. The van der Waals surface area contributed by atoms with Crippen LogP contribution in [0.2, 0.25) is 0 Å². The Labute approximate surface area is 136 Å². The minimum Gasteiger partial charge on any atom is -0.393 e. The van der Waals surface area contributed by atoms with Crippen molar-refractivity contribution < 1.29 is 9.90 Å². The highest BCUT2D eigenvalue weighted by atomic mass is 16.3. The summed E-state index contributed by atoms with van der Waals surface area (Å²) in [5.41, 5.74) is 2.82. The van der Waals surface area contributed by atoms with Gasteiger partial charge in [-0.05, 0) is 48.7 Å². The van der Waals surface area contributed by atoms with E-state index in [1.165, 1.54) is 0 Å². The predicted octanol–water partition coefficient (Wildman–Crippen LogP) is 3.54. The zero-order valence-electron chi connectivity index (χ0n) is 13.1. The second-order valence-corrected chi connectivity index (χ2v) is 5.87. The van der Waals surface area contributed by atoms with Gasteiger partial charge in [0.05, 0.1) is 6.10 Å². The summed E-state index contributed by atoms with van der Waals surface area (Å²) in [7, 11) is 0. The summed E-state index contributed by atoms with van der Waals surface area (Å²) in [6.45, 7) is 1.73. The molecule has 2 aromatic carbocycles. The van der Waals surface area contributed by atoms with Crippen molar-refractivity contribution in [3.05, 3.63) is 71.8 Å². The largest absolute Gasteiger partial charge is 0.393 e. The van der Waals surface area contributed by atoms with Crippen LogP contribution in [0.15, 0.2) is 60.7 Å². The van der Waals surface area contributed by atoms with E-state index in [0.717, 1.165) is 37.2 Å². The Hall–Kier alpha value is -2.39. The molecule has 0 aromatic heterocycles. The Balaban J connectivity index is 1.65. The molecule has 23 heavy (non-hydrogen) atoms. The number of aliphatic hydroxyl groups is 1. The topological polar surface area (TPSA) is 40.5 Å². The second kappa shape index (κ2) is 7.25. The molecule has 0 amide bonds. The Kier molecular flexibility index (Phi) is 4.89. The molecule has 0 spiro atoms. The first-order valence-electron chi connectivity index (χ1n) is 8.03. The average Bonchev–Trinajstić information content (AvgIpc) is 2.61. The van der Waals surface area contributed by atoms with E-state index in [4.69, 9.17) is 0 Å². The molecule has 1 aliphatic rings. The van der Waals surface area contributed by atoms with Crippen LogP contribution in [0.3, 0.4) is 0 Å². The predicted molar refractivity (Wildman–Crippen MR) is 93.7 cm³/mol. The van der Waals surface area contributed by atoms with Crippen molar-refractivity contribution in [2.45, 2.75) is 18.9 Å². The van der Waals surface area contributed by atoms with E-state index in [9.17, 15) is 9.90 Å². The highest BCUT2D eigenvalue weighted by molar-refractivity contribution is 6.06. The number of hydrogen-bond donors (Lipinski definition) is 1. The van der Waals surface area contributed by atoms with Crippen LogP contribution >= 0.6 is 0 Å². The summed E-state index contributed by atoms with van der Waals surface area (Å²) in [6, 6.07) is 17.5. The van der Waals surface area contributed by atoms with Crippen LogP contribution in [0.25, 0.3) is 6.08 Å². The number of benzene rings is 2. The Morgan fingerprint density at radius 2 is 1.65 bits per heavy atom. The van der Waals surface area contributed by atoms with Gasteiger partial charge in [-0.2, -0.15) is 0 Å². The molecule has 1 saturated heterocycles. The molecule has 0 unspecified atom stereocenters. The van der Waals surface area contributed by atoms with Crippen molar-refractivity contribution in [2.75, 3.05) is 18.0 Å². The van der Waals surface area contributed by atoms with Gasteiger partial charge in [0, 0.05) is 24.3 Å². The fraction of sp³-hybridized carbons (Fsp3) is 0.250. The van der Waals surface area contributed by atoms with Crippen LogP contribution < -0.4 is 4.90 Å². The molecule has 0 aliphatic carbocycles. The van der Waals surface area contributed by atoms with Crippen LogP contribution in [-0.4, -0.2) is 30.1 Å². The quantitative estimate of drug-likeness (QED) is 0.694. The molecule has 1 heterocycles. The van der Waals surface area contributed by atoms with Gasteiger partial charge < -0.3 is 10.0 Å². The van der Waals surface area contributed by atoms with E-state index in [0.29, 0.717) is 5.56 Å². The molecule has 1 fully saturated rings. The Morgan fingerprint density at radius 3 is 2.30 bits per heavy atom. The summed E-state index contributed by atoms with van der Waals surface area (Å²) in [5, 5.41) is 9.56. The highest BCUT2D eigenvalue weighted by Gasteiger charge is 2.17. The van der Waals surface area contributed by atoms with Gasteiger partial charge in [-0.15, -0.1) is 0 Å². The molecule has 3 heteroatoms. The van der Waals surface area contributed by atoms with Gasteiger partial charge in [0.2, 0.25) is 0 Å². The first-order valence-corrected chi connectivity index (χ1v) is 8.03. The molecule has 3 nitrogen and oxygen atoms in total. The molecule has 2 aromatic rings. The van der Waals surface area contributed by atoms with E-state index >= 15 is 0 Å². The van der Waals surface area contributed by atoms with Crippen molar-refractivity contribution in [3.8, 4) is 0 Å². The fourth-order valence-electron chi connectivity index (χ4n) is 2.79. The molecule has 0 radical (unpaired) electrons.